The Labute approximate surface area is 167 Å². The largest absolute Gasteiger partial charge is 0.332 e. The Morgan fingerprint density at radius 3 is 2.17 bits per heavy atom. The molecule has 1 atom stereocenters. The molecule has 0 aliphatic carbocycles. The minimum atomic E-state index is -3.75. The number of halogens is 1. The second-order valence-electron chi connectivity index (χ2n) is 6.05. The van der Waals surface area contributed by atoms with Gasteiger partial charge in [-0.15, -0.1) is 0 Å². The minimum absolute atomic E-state index is 0.0654. The molecule has 0 saturated heterocycles. The third kappa shape index (κ3) is 4.78. The van der Waals surface area contributed by atoms with E-state index in [1.807, 2.05) is 6.07 Å². The van der Waals surface area contributed by atoms with Gasteiger partial charge in [0.15, 0.2) is 0 Å². The van der Waals surface area contributed by atoms with E-state index in [1.165, 1.54) is 54.6 Å². The molecule has 0 radical (unpaired) electrons. The fourth-order valence-electron chi connectivity index (χ4n) is 2.61. The molecule has 0 aromatic heterocycles. The molecule has 29 heavy (non-hydrogen) atoms. The molecule has 0 fully saturated rings. The van der Waals surface area contributed by atoms with Crippen LogP contribution in [0.5, 0.6) is 0 Å². The first-order valence-corrected chi connectivity index (χ1v) is 10.0. The highest BCUT2D eigenvalue weighted by molar-refractivity contribution is 7.92. The van der Waals surface area contributed by atoms with Gasteiger partial charge in [0, 0.05) is 16.8 Å². The third-order valence-corrected chi connectivity index (χ3v) is 5.47. The standard InChI is InChI=1S/C21H16FN3O3S/c22-19-9-5-4-8-18(19)20(14-23)24-21(26)15-10-12-16(13-11-15)25-29(27,28)17-6-2-1-3-7-17/h1-13,20,25H,(H,24,26). The molecule has 0 aliphatic heterocycles. The van der Waals surface area contributed by atoms with E-state index in [9.17, 15) is 22.9 Å². The van der Waals surface area contributed by atoms with E-state index < -0.39 is 27.8 Å². The van der Waals surface area contributed by atoms with E-state index in [1.54, 1.807) is 24.3 Å². The predicted molar refractivity (Wildman–Crippen MR) is 106 cm³/mol. The lowest BCUT2D eigenvalue weighted by molar-refractivity contribution is 0.0944. The second-order valence-corrected chi connectivity index (χ2v) is 7.74. The SMILES string of the molecule is N#CC(NC(=O)c1ccc(NS(=O)(=O)c2ccccc2)cc1)c1ccccc1F. The van der Waals surface area contributed by atoms with Crippen molar-refractivity contribution in [3.05, 3.63) is 95.8 Å². The molecular formula is C21H16FN3O3S. The fourth-order valence-corrected chi connectivity index (χ4v) is 3.69. The van der Waals surface area contributed by atoms with Crippen molar-refractivity contribution < 1.29 is 17.6 Å². The average molecular weight is 409 g/mol. The topological polar surface area (TPSA) is 99.1 Å². The maximum Gasteiger partial charge on any atom is 0.261 e. The van der Waals surface area contributed by atoms with Crippen LogP contribution >= 0.6 is 0 Å². The third-order valence-electron chi connectivity index (χ3n) is 4.07. The monoisotopic (exact) mass is 409 g/mol. The molecule has 6 nitrogen and oxygen atoms in total. The van der Waals surface area contributed by atoms with E-state index in [4.69, 9.17) is 0 Å². The molecule has 1 amide bonds. The van der Waals surface area contributed by atoms with Crippen LogP contribution in [0.25, 0.3) is 0 Å². The summed E-state index contributed by atoms with van der Waals surface area (Å²) in [6.07, 6.45) is 0. The first-order valence-electron chi connectivity index (χ1n) is 8.53. The van der Waals surface area contributed by atoms with Crippen LogP contribution in [0.2, 0.25) is 0 Å². The van der Waals surface area contributed by atoms with Gasteiger partial charge in [-0.2, -0.15) is 5.26 Å². The van der Waals surface area contributed by atoms with Gasteiger partial charge in [0.25, 0.3) is 15.9 Å². The van der Waals surface area contributed by atoms with Crippen molar-refractivity contribution in [3.8, 4) is 6.07 Å². The molecule has 0 heterocycles. The normalized spacial score (nSPS) is 11.9. The van der Waals surface area contributed by atoms with Gasteiger partial charge in [-0.05, 0) is 42.5 Å². The zero-order valence-electron chi connectivity index (χ0n) is 15.0. The lowest BCUT2D eigenvalue weighted by atomic mass is 10.1. The molecule has 0 bridgehead atoms. The van der Waals surface area contributed by atoms with E-state index >= 15 is 0 Å². The molecule has 2 N–H and O–H groups in total. The Morgan fingerprint density at radius 1 is 0.931 bits per heavy atom. The number of nitrogens with one attached hydrogen (secondary N) is 2. The summed E-state index contributed by atoms with van der Waals surface area (Å²) in [7, 11) is -3.75. The highest BCUT2D eigenvalue weighted by Gasteiger charge is 2.19. The lowest BCUT2D eigenvalue weighted by Crippen LogP contribution is -2.28. The highest BCUT2D eigenvalue weighted by atomic mass is 32.2. The molecule has 0 aliphatic rings. The van der Waals surface area contributed by atoms with Crippen molar-refractivity contribution in [3.63, 3.8) is 0 Å². The van der Waals surface area contributed by atoms with E-state index in [2.05, 4.69) is 10.0 Å². The van der Waals surface area contributed by atoms with Crippen LogP contribution in [0.3, 0.4) is 0 Å². The highest BCUT2D eigenvalue weighted by Crippen LogP contribution is 2.19. The molecule has 3 aromatic rings. The Kier molecular flexibility index (Phi) is 5.90. The molecule has 8 heteroatoms. The number of carbonyl (C=O) groups is 1. The van der Waals surface area contributed by atoms with Crippen molar-refractivity contribution in [1.29, 1.82) is 5.26 Å². The minimum Gasteiger partial charge on any atom is -0.332 e. The van der Waals surface area contributed by atoms with Crippen LogP contribution in [0, 0.1) is 17.1 Å². The van der Waals surface area contributed by atoms with Crippen LogP contribution < -0.4 is 10.0 Å². The number of rotatable bonds is 6. The van der Waals surface area contributed by atoms with Crippen LogP contribution in [-0.2, 0) is 10.0 Å². The first kappa shape index (κ1) is 20.0. The van der Waals surface area contributed by atoms with Crippen molar-refractivity contribution in [2.24, 2.45) is 0 Å². The number of anilines is 1. The fraction of sp³-hybridized carbons (Fsp3) is 0.0476. The summed E-state index contributed by atoms with van der Waals surface area (Å²) in [5, 5.41) is 11.7. The van der Waals surface area contributed by atoms with Gasteiger partial charge >= 0.3 is 0 Å². The quantitative estimate of drug-likeness (QED) is 0.649. The summed E-state index contributed by atoms with van der Waals surface area (Å²) in [5.74, 6) is -1.18. The first-order chi connectivity index (χ1) is 13.9. The number of hydrogen-bond acceptors (Lipinski definition) is 4. The summed E-state index contributed by atoms with van der Waals surface area (Å²) >= 11 is 0. The number of hydrogen-bond donors (Lipinski definition) is 2. The van der Waals surface area contributed by atoms with Gasteiger partial charge in [0.2, 0.25) is 0 Å². The number of nitrogens with zero attached hydrogens (tertiary/aromatic N) is 1. The summed E-state index contributed by atoms with van der Waals surface area (Å²) in [4.78, 5) is 12.5. The summed E-state index contributed by atoms with van der Waals surface area (Å²) in [5.41, 5.74) is 0.538. The number of sulfonamides is 1. The second kappa shape index (κ2) is 8.54. The van der Waals surface area contributed by atoms with Crippen LogP contribution in [0.15, 0.2) is 83.8 Å². The average Bonchev–Trinajstić information content (AvgIpc) is 2.73. The predicted octanol–water partition coefficient (Wildman–Crippen LogP) is 3.62. The molecule has 0 spiro atoms. The van der Waals surface area contributed by atoms with Crippen molar-refractivity contribution in [2.45, 2.75) is 10.9 Å². The molecule has 146 valence electrons. The van der Waals surface area contributed by atoms with Gasteiger partial charge in [0.1, 0.15) is 11.9 Å². The number of amides is 1. The van der Waals surface area contributed by atoms with Gasteiger partial charge in [-0.3, -0.25) is 9.52 Å². The van der Waals surface area contributed by atoms with Gasteiger partial charge in [-0.25, -0.2) is 12.8 Å². The molecule has 3 aromatic carbocycles. The van der Waals surface area contributed by atoms with Gasteiger partial charge < -0.3 is 5.32 Å². The Hall–Kier alpha value is -3.70. The van der Waals surface area contributed by atoms with E-state index in [0.717, 1.165) is 0 Å². The maximum atomic E-state index is 13.9. The molecular weight excluding hydrogens is 393 g/mol. The van der Waals surface area contributed by atoms with Crippen molar-refractivity contribution in [1.82, 2.24) is 5.32 Å². The smallest absolute Gasteiger partial charge is 0.261 e. The summed E-state index contributed by atoms with van der Waals surface area (Å²) in [6.45, 7) is 0. The lowest BCUT2D eigenvalue weighted by Gasteiger charge is -2.13. The Balaban J connectivity index is 1.72. The van der Waals surface area contributed by atoms with E-state index in [0.29, 0.717) is 0 Å². The zero-order chi connectivity index (χ0) is 20.9. The maximum absolute atomic E-state index is 13.9. The van der Waals surface area contributed by atoms with Crippen molar-refractivity contribution in [2.75, 3.05) is 4.72 Å². The Bertz CT molecular complexity index is 1160. The number of nitriles is 1. The van der Waals surface area contributed by atoms with Crippen molar-refractivity contribution >= 4 is 21.6 Å². The van der Waals surface area contributed by atoms with Gasteiger partial charge in [0.05, 0.1) is 11.0 Å². The molecule has 3 rings (SSSR count). The van der Waals surface area contributed by atoms with Crippen LogP contribution in [-0.4, -0.2) is 14.3 Å². The summed E-state index contributed by atoms with van der Waals surface area (Å²) < 4.78 is 41.0. The van der Waals surface area contributed by atoms with Crippen LogP contribution in [0.1, 0.15) is 22.0 Å². The molecule has 0 saturated carbocycles. The van der Waals surface area contributed by atoms with E-state index in [-0.39, 0.29) is 21.7 Å². The number of carbonyl (C=O) groups excluding carboxylic acids is 1. The zero-order valence-corrected chi connectivity index (χ0v) is 15.9. The van der Waals surface area contributed by atoms with Gasteiger partial charge in [-0.1, -0.05) is 36.4 Å². The Morgan fingerprint density at radius 2 is 1.55 bits per heavy atom. The summed E-state index contributed by atoms with van der Waals surface area (Å²) in [6, 6.07) is 20.0. The number of benzene rings is 3. The molecule has 1 unspecified atom stereocenters. The van der Waals surface area contributed by atoms with Crippen LogP contribution in [0.4, 0.5) is 10.1 Å².